The fourth-order valence-corrected chi connectivity index (χ4v) is 10.1. The lowest BCUT2D eigenvalue weighted by Crippen LogP contribution is -2.45. The lowest BCUT2D eigenvalue weighted by Gasteiger charge is -2.20. The van der Waals surface area contributed by atoms with Crippen molar-refractivity contribution in [2.75, 3.05) is 13.2 Å². The third-order valence-electron chi connectivity index (χ3n) is 15.1. The summed E-state index contributed by atoms with van der Waals surface area (Å²) in [5.74, 6) is -0.0888. The van der Waals surface area contributed by atoms with Crippen molar-refractivity contribution >= 4 is 11.9 Å². The number of esters is 1. The van der Waals surface area contributed by atoms with E-state index in [1.54, 1.807) is 6.08 Å². The maximum atomic E-state index is 12.5. The Morgan fingerprint density at radius 1 is 0.370 bits per heavy atom. The Morgan fingerprint density at radius 3 is 0.973 bits per heavy atom. The molecule has 1 amide bonds. The molecule has 0 aliphatic carbocycles. The number of unbranched alkanes of at least 4 members (excludes halogenated alkanes) is 46. The van der Waals surface area contributed by atoms with Gasteiger partial charge in [0.05, 0.1) is 25.4 Å². The Bertz CT molecular complexity index is 1180. The number of rotatable bonds is 61. The summed E-state index contributed by atoms with van der Waals surface area (Å²) in [5.41, 5.74) is 0. The van der Waals surface area contributed by atoms with Gasteiger partial charge < -0.3 is 20.3 Å². The van der Waals surface area contributed by atoms with Gasteiger partial charge >= 0.3 is 5.97 Å². The van der Waals surface area contributed by atoms with E-state index in [1.165, 1.54) is 263 Å². The Morgan fingerprint density at radius 2 is 0.644 bits per heavy atom. The molecule has 2 atom stereocenters. The van der Waals surface area contributed by atoms with Crippen molar-refractivity contribution in [3.8, 4) is 0 Å². The molecule has 0 aromatic heterocycles. The Labute approximate surface area is 455 Å². The van der Waals surface area contributed by atoms with Crippen molar-refractivity contribution in [2.45, 2.75) is 366 Å². The fourth-order valence-electron chi connectivity index (χ4n) is 10.1. The van der Waals surface area contributed by atoms with Gasteiger partial charge in [-0.05, 0) is 83.5 Å². The molecule has 0 saturated carbocycles. The van der Waals surface area contributed by atoms with E-state index in [9.17, 15) is 19.8 Å². The van der Waals surface area contributed by atoms with Gasteiger partial charge in [0, 0.05) is 12.8 Å². The summed E-state index contributed by atoms with van der Waals surface area (Å²) < 4.78 is 5.48. The van der Waals surface area contributed by atoms with Gasteiger partial charge in [-0.15, -0.1) is 0 Å². The average Bonchev–Trinajstić information content (AvgIpc) is 3.39. The summed E-state index contributed by atoms with van der Waals surface area (Å²) in [5, 5.41) is 23.2. The molecule has 0 aliphatic rings. The highest BCUT2D eigenvalue weighted by molar-refractivity contribution is 5.76. The molecule has 0 aliphatic heterocycles. The van der Waals surface area contributed by atoms with Gasteiger partial charge in [0.1, 0.15) is 0 Å². The average molecular weight is 1030 g/mol. The zero-order valence-electron chi connectivity index (χ0n) is 49.1. The zero-order valence-corrected chi connectivity index (χ0v) is 49.1. The summed E-state index contributed by atoms with van der Waals surface area (Å²) in [7, 11) is 0. The largest absolute Gasteiger partial charge is 0.466 e. The first-order valence-corrected chi connectivity index (χ1v) is 32.8. The molecule has 0 fully saturated rings. The van der Waals surface area contributed by atoms with Crippen LogP contribution in [0.2, 0.25) is 0 Å². The molecule has 0 aromatic carbocycles. The molecule has 430 valence electrons. The summed E-state index contributed by atoms with van der Waals surface area (Å²) in [6.45, 7) is 4.90. The second kappa shape index (κ2) is 62.6. The summed E-state index contributed by atoms with van der Waals surface area (Å²) in [6.07, 6.45) is 79.0. The Hall–Kier alpha value is -1.92. The molecule has 0 heterocycles. The molecule has 6 nitrogen and oxygen atoms in total. The van der Waals surface area contributed by atoms with Gasteiger partial charge in [0.2, 0.25) is 5.91 Å². The molecule has 6 heteroatoms. The van der Waals surface area contributed by atoms with Crippen molar-refractivity contribution in [3.63, 3.8) is 0 Å². The smallest absolute Gasteiger partial charge is 0.305 e. The number of ether oxygens (including phenoxy) is 1. The third kappa shape index (κ3) is 59.2. The molecule has 0 saturated heterocycles. The maximum Gasteiger partial charge on any atom is 0.305 e. The van der Waals surface area contributed by atoms with E-state index in [2.05, 4.69) is 43.5 Å². The van der Waals surface area contributed by atoms with Crippen LogP contribution in [0.4, 0.5) is 0 Å². The van der Waals surface area contributed by atoms with Crippen LogP contribution in [-0.2, 0) is 14.3 Å². The Kier molecular flexibility index (Phi) is 61.0. The first kappa shape index (κ1) is 71.1. The van der Waals surface area contributed by atoms with Crippen LogP contribution in [0.5, 0.6) is 0 Å². The minimum Gasteiger partial charge on any atom is -0.466 e. The molecule has 3 N–H and O–H groups in total. The van der Waals surface area contributed by atoms with E-state index in [1.807, 2.05) is 6.08 Å². The number of carbonyl (C=O) groups is 2. The summed E-state index contributed by atoms with van der Waals surface area (Å²) in [4.78, 5) is 24.6. The van der Waals surface area contributed by atoms with E-state index < -0.39 is 12.1 Å². The molecule has 0 aromatic rings. The summed E-state index contributed by atoms with van der Waals surface area (Å²) in [6, 6.07) is -0.642. The number of hydrogen-bond acceptors (Lipinski definition) is 5. The van der Waals surface area contributed by atoms with Gasteiger partial charge in [-0.25, -0.2) is 0 Å². The molecule has 0 rings (SSSR count). The first-order valence-electron chi connectivity index (χ1n) is 32.8. The van der Waals surface area contributed by atoms with Crippen molar-refractivity contribution in [2.24, 2.45) is 0 Å². The van der Waals surface area contributed by atoms with Gasteiger partial charge in [0.25, 0.3) is 0 Å². The van der Waals surface area contributed by atoms with Crippen LogP contribution in [0.25, 0.3) is 0 Å². The maximum absolute atomic E-state index is 12.5. The molecule has 0 bridgehead atoms. The van der Waals surface area contributed by atoms with Crippen LogP contribution in [0, 0.1) is 0 Å². The predicted octanol–water partition coefficient (Wildman–Crippen LogP) is 20.8. The van der Waals surface area contributed by atoms with Crippen LogP contribution < -0.4 is 5.32 Å². The Balaban J connectivity index is 3.48. The second-order valence-electron chi connectivity index (χ2n) is 22.4. The van der Waals surface area contributed by atoms with Crippen LogP contribution in [0.3, 0.4) is 0 Å². The number of carbonyl (C=O) groups excluding carboxylic acids is 2. The second-order valence-corrected chi connectivity index (χ2v) is 22.4. The van der Waals surface area contributed by atoms with E-state index in [4.69, 9.17) is 4.74 Å². The number of amides is 1. The number of aliphatic hydroxyl groups excluding tert-OH is 2. The van der Waals surface area contributed by atoms with Crippen molar-refractivity contribution in [1.82, 2.24) is 5.32 Å². The molecule has 2 unspecified atom stereocenters. The zero-order chi connectivity index (χ0) is 52.9. The highest BCUT2D eigenvalue weighted by atomic mass is 16.5. The van der Waals surface area contributed by atoms with Gasteiger partial charge in [-0.3, -0.25) is 9.59 Å². The normalized spacial score (nSPS) is 12.8. The van der Waals surface area contributed by atoms with Crippen molar-refractivity contribution in [1.29, 1.82) is 0 Å². The van der Waals surface area contributed by atoms with Crippen LogP contribution >= 0.6 is 0 Å². The van der Waals surface area contributed by atoms with Gasteiger partial charge in [0.15, 0.2) is 0 Å². The molecular formula is C67H127NO5. The van der Waals surface area contributed by atoms with E-state index >= 15 is 0 Å². The highest BCUT2D eigenvalue weighted by Gasteiger charge is 2.18. The standard InChI is InChI=1S/C67H127NO5/c1-3-5-7-9-11-13-15-17-19-21-22-23-24-25-26-28-31-35-39-43-47-51-55-59-65(70)64(63-69)68-66(71)60-56-52-48-44-40-36-32-29-30-34-38-42-46-50-54-58-62-73-67(72)61-57-53-49-45-41-37-33-27-20-18-16-14-12-10-8-6-4-2/h18,20,29,32,55,59,64-65,69-70H,3-17,19,21-28,30-31,33-54,56-58,60-63H2,1-2H3,(H,68,71)/b20-18-,32-29-,59-55+. The SMILES string of the molecule is CCCCCCCC/C=C\CCCCCCCCCC(=O)OCCCCCCCCC/C=C\CCCCCCCC(=O)NC(CO)C(O)/C=C/CCCCCCCCCCCCCCCCCCCCCCC. The van der Waals surface area contributed by atoms with Gasteiger partial charge in [-0.1, -0.05) is 294 Å². The third-order valence-corrected chi connectivity index (χ3v) is 15.1. The van der Waals surface area contributed by atoms with Crippen LogP contribution in [0.15, 0.2) is 36.5 Å². The lowest BCUT2D eigenvalue weighted by molar-refractivity contribution is -0.143. The monoisotopic (exact) mass is 1030 g/mol. The number of hydrogen-bond donors (Lipinski definition) is 3. The molecular weight excluding hydrogens is 899 g/mol. The van der Waals surface area contributed by atoms with Crippen LogP contribution in [-0.4, -0.2) is 47.4 Å². The topological polar surface area (TPSA) is 95.9 Å². The van der Waals surface area contributed by atoms with E-state index in [0.29, 0.717) is 19.4 Å². The first-order chi connectivity index (χ1) is 36.0. The quantitative estimate of drug-likeness (QED) is 0.0320. The van der Waals surface area contributed by atoms with Gasteiger partial charge in [-0.2, -0.15) is 0 Å². The number of allylic oxidation sites excluding steroid dienone is 5. The predicted molar refractivity (Wildman–Crippen MR) is 319 cm³/mol. The molecule has 0 radical (unpaired) electrons. The number of aliphatic hydroxyl groups is 2. The highest BCUT2D eigenvalue weighted by Crippen LogP contribution is 2.17. The van der Waals surface area contributed by atoms with E-state index in [-0.39, 0.29) is 18.5 Å². The van der Waals surface area contributed by atoms with Crippen molar-refractivity contribution in [3.05, 3.63) is 36.5 Å². The van der Waals surface area contributed by atoms with E-state index in [0.717, 1.165) is 64.2 Å². The molecule has 73 heavy (non-hydrogen) atoms. The minimum atomic E-state index is -0.857. The summed E-state index contributed by atoms with van der Waals surface area (Å²) >= 11 is 0. The lowest BCUT2D eigenvalue weighted by atomic mass is 10.0. The van der Waals surface area contributed by atoms with Crippen molar-refractivity contribution < 1.29 is 24.5 Å². The fraction of sp³-hybridized carbons (Fsp3) is 0.881. The van der Waals surface area contributed by atoms with Crippen LogP contribution in [0.1, 0.15) is 354 Å². The minimum absolute atomic E-state index is 0.00665. The molecule has 0 spiro atoms. The number of nitrogens with one attached hydrogen (secondary N) is 1.